The Kier molecular flexibility index (Phi) is 7.74. The van der Waals surface area contributed by atoms with Crippen LogP contribution in [0.1, 0.15) is 16.7 Å². The molecule has 0 saturated carbocycles. The first kappa shape index (κ1) is 23.8. The summed E-state index contributed by atoms with van der Waals surface area (Å²) in [7, 11) is 3.31. The van der Waals surface area contributed by atoms with Crippen molar-refractivity contribution in [1.29, 1.82) is 0 Å². The Balaban J connectivity index is 1.81. The average Bonchev–Trinajstić information content (AvgIpc) is 3.25. The van der Waals surface area contributed by atoms with Crippen molar-refractivity contribution in [2.75, 3.05) is 27.4 Å². The zero-order chi connectivity index (χ0) is 23.3. The molecule has 4 rings (SSSR count). The Morgan fingerprint density at radius 3 is 1.82 bits per heavy atom. The molecule has 0 aromatic heterocycles. The second kappa shape index (κ2) is 10.7. The molecule has 3 atom stereocenters. The molecule has 0 amide bonds. The van der Waals surface area contributed by atoms with Gasteiger partial charge in [-0.1, -0.05) is 0 Å². The van der Waals surface area contributed by atoms with Gasteiger partial charge in [0.05, 0.1) is 0 Å². The molecule has 0 bridgehead atoms. The predicted octanol–water partition coefficient (Wildman–Crippen LogP) is 4.31. The topological polar surface area (TPSA) is 57.2 Å². The normalized spacial score (nSPS) is 20.5. The van der Waals surface area contributed by atoms with E-state index in [0.29, 0.717) is 21.6 Å². The van der Waals surface area contributed by atoms with E-state index in [4.69, 9.17) is 18.9 Å². The summed E-state index contributed by atoms with van der Waals surface area (Å²) in [4.78, 5) is 0.194. The number of aliphatic hydroxyl groups is 1. The number of methoxy groups -OCH3 is 2. The summed E-state index contributed by atoms with van der Waals surface area (Å²) in [6.07, 6.45) is -0.883. The fourth-order valence-electron chi connectivity index (χ4n) is 4.29. The molecule has 3 aromatic carbocycles. The molecule has 3 aromatic rings. The third kappa shape index (κ3) is 4.81. The van der Waals surface area contributed by atoms with E-state index in [1.807, 2.05) is 66.7 Å². The molecule has 0 spiro atoms. The van der Waals surface area contributed by atoms with E-state index in [1.165, 1.54) is 0 Å². The second-order valence-corrected chi connectivity index (χ2v) is 10.2. The Labute approximate surface area is 201 Å². The fraction of sp³-hybridized carbons (Fsp3) is 0.333. The van der Waals surface area contributed by atoms with Crippen LogP contribution < -0.4 is 9.47 Å². The van der Waals surface area contributed by atoms with Gasteiger partial charge in [0.1, 0.15) is 0 Å². The van der Waals surface area contributed by atoms with Crippen molar-refractivity contribution in [3.8, 4) is 11.5 Å². The van der Waals surface area contributed by atoms with Gasteiger partial charge in [0, 0.05) is 0 Å². The van der Waals surface area contributed by atoms with E-state index in [-0.39, 0.29) is 17.5 Å². The number of benzene rings is 3. The van der Waals surface area contributed by atoms with Gasteiger partial charge in [0.25, 0.3) is 0 Å². The molecule has 1 saturated heterocycles. The molecule has 1 N–H and O–H groups in total. The third-order valence-corrected chi connectivity index (χ3v) is 8.32. The molecule has 0 radical (unpaired) electrons. The summed E-state index contributed by atoms with van der Waals surface area (Å²) >= 11 is 0.316. The van der Waals surface area contributed by atoms with E-state index >= 15 is 0 Å². The molecule has 6 heteroatoms. The molecular formula is C27H30O5Se. The third-order valence-electron chi connectivity index (χ3n) is 6.18. The zero-order valence-electron chi connectivity index (χ0n) is 19.1. The number of hydrogen-bond acceptors (Lipinski definition) is 5. The van der Waals surface area contributed by atoms with Crippen LogP contribution in [0.2, 0.25) is 10.6 Å². The number of hydrogen-bond donors (Lipinski definition) is 1. The number of ether oxygens (including phenoxy) is 4. The molecular weight excluding hydrogens is 483 g/mol. The van der Waals surface area contributed by atoms with E-state index in [2.05, 4.69) is 18.0 Å². The zero-order valence-corrected chi connectivity index (χ0v) is 20.9. The van der Waals surface area contributed by atoms with Crippen LogP contribution in [0.25, 0.3) is 0 Å². The van der Waals surface area contributed by atoms with Crippen molar-refractivity contribution in [2.45, 2.75) is 28.4 Å². The van der Waals surface area contributed by atoms with Gasteiger partial charge in [-0.05, 0) is 0 Å². The van der Waals surface area contributed by atoms with Gasteiger partial charge < -0.3 is 0 Å². The van der Waals surface area contributed by atoms with Crippen molar-refractivity contribution in [1.82, 2.24) is 0 Å². The first-order valence-electron chi connectivity index (χ1n) is 10.9. The van der Waals surface area contributed by atoms with Crippen LogP contribution in [0, 0.1) is 0 Å². The van der Waals surface area contributed by atoms with Gasteiger partial charge in [-0.25, -0.2) is 0 Å². The van der Waals surface area contributed by atoms with Crippen molar-refractivity contribution < 1.29 is 24.1 Å². The number of aliphatic hydroxyl groups excluding tert-OH is 1. The average molecular weight is 513 g/mol. The maximum atomic E-state index is 10.8. The maximum absolute atomic E-state index is 10.8. The van der Waals surface area contributed by atoms with E-state index < -0.39 is 11.7 Å². The molecule has 33 heavy (non-hydrogen) atoms. The molecule has 1 aliphatic heterocycles. The summed E-state index contributed by atoms with van der Waals surface area (Å²) in [6.45, 7) is 0.843. The summed E-state index contributed by atoms with van der Waals surface area (Å²) in [5.41, 5.74) is 2.01. The van der Waals surface area contributed by atoms with E-state index in [9.17, 15) is 5.11 Å². The van der Waals surface area contributed by atoms with Crippen LogP contribution in [0.5, 0.6) is 11.5 Å². The summed E-state index contributed by atoms with van der Waals surface area (Å²) in [5, 5.41) is 10.8. The number of rotatable bonds is 9. The van der Waals surface area contributed by atoms with Crippen molar-refractivity contribution in [3.05, 3.63) is 95.6 Å². The Bertz CT molecular complexity index is 959. The van der Waals surface area contributed by atoms with Crippen molar-refractivity contribution in [3.63, 3.8) is 0 Å². The fourth-order valence-corrected chi connectivity index (χ4v) is 5.69. The van der Waals surface area contributed by atoms with Crippen LogP contribution in [0.4, 0.5) is 0 Å². The Morgan fingerprint density at radius 1 is 0.848 bits per heavy atom. The predicted molar refractivity (Wildman–Crippen MR) is 129 cm³/mol. The Hall–Kier alpha value is -2.34. The molecule has 1 unspecified atom stereocenters. The van der Waals surface area contributed by atoms with Gasteiger partial charge in [0.2, 0.25) is 0 Å². The molecule has 174 valence electrons. The minimum atomic E-state index is -0.904. The quantitative estimate of drug-likeness (QED) is 0.342. The van der Waals surface area contributed by atoms with Crippen LogP contribution in [0.3, 0.4) is 0 Å². The van der Waals surface area contributed by atoms with Gasteiger partial charge in [0.15, 0.2) is 0 Å². The first-order valence-corrected chi connectivity index (χ1v) is 13.6. The first-order chi connectivity index (χ1) is 16.1. The summed E-state index contributed by atoms with van der Waals surface area (Å²) < 4.78 is 23.6. The van der Waals surface area contributed by atoms with Crippen molar-refractivity contribution >= 4 is 15.0 Å². The van der Waals surface area contributed by atoms with Crippen molar-refractivity contribution in [2.24, 2.45) is 0 Å². The Morgan fingerprint density at radius 2 is 1.36 bits per heavy atom. The molecule has 0 aliphatic carbocycles. The minimum absolute atomic E-state index is 0.194. The molecule has 1 heterocycles. The molecule has 1 fully saturated rings. The van der Waals surface area contributed by atoms with E-state index in [0.717, 1.165) is 28.2 Å². The van der Waals surface area contributed by atoms with Gasteiger partial charge in [-0.15, -0.1) is 0 Å². The van der Waals surface area contributed by atoms with Crippen LogP contribution in [0.15, 0.2) is 78.9 Å². The van der Waals surface area contributed by atoms with Crippen LogP contribution in [-0.2, 0) is 15.1 Å². The molecule has 1 aliphatic rings. The summed E-state index contributed by atoms with van der Waals surface area (Å²) in [5.74, 6) is 3.69. The summed E-state index contributed by atoms with van der Waals surface area (Å²) in [6, 6.07) is 26.0. The van der Waals surface area contributed by atoms with Crippen LogP contribution in [-0.4, -0.2) is 59.7 Å². The standard InChI is InChI=1S/C27H30O5Se/c1-29-22-13-9-20(10-14-22)27(19-7-5-4-6-8-19,21-11-15-23(30-2)16-12-21)32-17-24-26(28)25(33-3)18-31-24/h4-16,24-26,28H,17-18H2,1-3H3/t24-,25-,26?/m1/s1. The van der Waals surface area contributed by atoms with Gasteiger partial charge >= 0.3 is 202 Å². The van der Waals surface area contributed by atoms with Gasteiger partial charge in [-0.3, -0.25) is 0 Å². The van der Waals surface area contributed by atoms with E-state index in [1.54, 1.807) is 14.2 Å². The monoisotopic (exact) mass is 514 g/mol. The second-order valence-electron chi connectivity index (χ2n) is 7.95. The van der Waals surface area contributed by atoms with Gasteiger partial charge in [-0.2, -0.15) is 0 Å². The van der Waals surface area contributed by atoms with Crippen LogP contribution >= 0.6 is 0 Å². The SMILES string of the molecule is COc1ccc(C(OC[C@H]2OC[C@@H]([Se]C)C2O)(c2ccccc2)c2ccc(OC)cc2)cc1. The molecule has 5 nitrogen and oxygen atoms in total.